The van der Waals surface area contributed by atoms with E-state index in [0.29, 0.717) is 17.3 Å². The highest BCUT2D eigenvalue weighted by Gasteiger charge is 2.00. The average Bonchev–Trinajstić information content (AvgIpc) is 2.42. The highest BCUT2D eigenvalue weighted by atomic mass is 32.1. The minimum atomic E-state index is 0.331. The van der Waals surface area contributed by atoms with Gasteiger partial charge >= 0.3 is 0 Å². The smallest absolute Gasteiger partial charge is 0.122 e. The molecule has 0 radical (unpaired) electrons. The number of unbranched alkanes of at least 4 members (excludes halogenated alkanes) is 5. The maximum atomic E-state index is 5.65. The van der Waals surface area contributed by atoms with Gasteiger partial charge in [0, 0.05) is 12.8 Å². The van der Waals surface area contributed by atoms with Crippen molar-refractivity contribution in [2.75, 3.05) is 6.61 Å². The Kier molecular flexibility index (Phi) is 8.34. The van der Waals surface area contributed by atoms with Gasteiger partial charge in [-0.2, -0.15) is 0 Å². The normalized spacial score (nSPS) is 10.6. The Bertz CT molecular complexity index is 382. The zero-order chi connectivity index (χ0) is 13.9. The van der Waals surface area contributed by atoms with Crippen LogP contribution in [0.25, 0.3) is 0 Å². The van der Waals surface area contributed by atoms with Gasteiger partial charge in [-0.3, -0.25) is 4.98 Å². The molecule has 0 fully saturated rings. The fourth-order valence-electron chi connectivity index (χ4n) is 1.87. The molecule has 4 heteroatoms. The molecule has 0 amide bonds. The lowest BCUT2D eigenvalue weighted by atomic mass is 10.1. The Morgan fingerprint density at radius 2 is 2.00 bits per heavy atom. The number of pyridine rings is 1. The third-order valence-electron chi connectivity index (χ3n) is 2.99. The molecule has 0 spiro atoms. The molecule has 1 heterocycles. The van der Waals surface area contributed by atoms with E-state index in [2.05, 4.69) is 11.9 Å². The second kappa shape index (κ2) is 9.87. The highest BCUT2D eigenvalue weighted by molar-refractivity contribution is 7.80. The van der Waals surface area contributed by atoms with Crippen LogP contribution in [0.1, 0.15) is 56.7 Å². The van der Waals surface area contributed by atoms with Gasteiger partial charge in [-0.25, -0.2) is 0 Å². The van der Waals surface area contributed by atoms with Crippen LogP contribution in [0, 0.1) is 0 Å². The molecule has 0 aliphatic heterocycles. The van der Waals surface area contributed by atoms with Crippen molar-refractivity contribution in [3.8, 4) is 0 Å². The van der Waals surface area contributed by atoms with Gasteiger partial charge in [0.2, 0.25) is 0 Å². The molecule has 19 heavy (non-hydrogen) atoms. The molecule has 2 N–H and O–H groups in total. The quantitative estimate of drug-likeness (QED) is 0.525. The van der Waals surface area contributed by atoms with Gasteiger partial charge in [0.1, 0.15) is 4.99 Å². The number of thiocarbonyl (C=S) groups is 1. The van der Waals surface area contributed by atoms with Crippen LogP contribution in [0.4, 0.5) is 0 Å². The molecule has 0 aromatic carbocycles. The van der Waals surface area contributed by atoms with Gasteiger partial charge in [0.25, 0.3) is 0 Å². The molecule has 0 aliphatic carbocycles. The van der Waals surface area contributed by atoms with Crippen LogP contribution < -0.4 is 5.73 Å². The number of nitrogens with two attached hydrogens (primary N) is 1. The first-order chi connectivity index (χ1) is 9.24. The second-order valence-electron chi connectivity index (χ2n) is 4.73. The van der Waals surface area contributed by atoms with Gasteiger partial charge in [0.15, 0.2) is 0 Å². The van der Waals surface area contributed by atoms with Crippen LogP contribution in [0.3, 0.4) is 0 Å². The topological polar surface area (TPSA) is 48.1 Å². The van der Waals surface area contributed by atoms with Crippen molar-refractivity contribution in [3.05, 3.63) is 29.6 Å². The van der Waals surface area contributed by atoms with E-state index in [1.165, 1.54) is 32.1 Å². The Balaban J connectivity index is 2.12. The number of nitrogens with zero attached hydrogens (tertiary/aromatic N) is 1. The predicted molar refractivity (Wildman–Crippen MR) is 83.2 cm³/mol. The molecule has 106 valence electrons. The monoisotopic (exact) mass is 280 g/mol. The third-order valence-corrected chi connectivity index (χ3v) is 3.20. The summed E-state index contributed by atoms with van der Waals surface area (Å²) in [5.41, 5.74) is 7.28. The van der Waals surface area contributed by atoms with E-state index in [-0.39, 0.29) is 0 Å². The van der Waals surface area contributed by atoms with Crippen molar-refractivity contribution in [1.29, 1.82) is 0 Å². The summed E-state index contributed by atoms with van der Waals surface area (Å²) >= 11 is 4.90. The van der Waals surface area contributed by atoms with Gasteiger partial charge in [-0.05, 0) is 24.1 Å². The van der Waals surface area contributed by atoms with E-state index in [9.17, 15) is 0 Å². The van der Waals surface area contributed by atoms with Crippen molar-refractivity contribution in [1.82, 2.24) is 4.98 Å². The van der Waals surface area contributed by atoms with Gasteiger partial charge in [0.05, 0.1) is 12.3 Å². The lowest BCUT2D eigenvalue weighted by Gasteiger charge is -2.05. The van der Waals surface area contributed by atoms with Crippen LogP contribution in [-0.2, 0) is 11.3 Å². The SMILES string of the molecule is CCCCCCCCOCc1ccnc(C(N)=S)c1. The molecule has 1 rings (SSSR count). The summed E-state index contributed by atoms with van der Waals surface area (Å²) in [6.45, 7) is 3.66. The minimum absolute atomic E-state index is 0.331. The predicted octanol–water partition coefficient (Wildman–Crippen LogP) is 3.59. The van der Waals surface area contributed by atoms with E-state index < -0.39 is 0 Å². The summed E-state index contributed by atoms with van der Waals surface area (Å²) < 4.78 is 5.65. The Labute approximate surface area is 121 Å². The molecular formula is C15H24N2OS. The van der Waals surface area contributed by atoms with Crippen molar-refractivity contribution in [3.63, 3.8) is 0 Å². The summed E-state index contributed by atoms with van der Waals surface area (Å²) in [6, 6.07) is 3.83. The van der Waals surface area contributed by atoms with Crippen LogP contribution in [0.15, 0.2) is 18.3 Å². The fourth-order valence-corrected chi connectivity index (χ4v) is 1.98. The number of hydrogen-bond acceptors (Lipinski definition) is 3. The summed E-state index contributed by atoms with van der Waals surface area (Å²) in [5.74, 6) is 0. The van der Waals surface area contributed by atoms with Crippen molar-refractivity contribution in [2.24, 2.45) is 5.73 Å². The Morgan fingerprint density at radius 3 is 2.74 bits per heavy atom. The van der Waals surface area contributed by atoms with Gasteiger partial charge in [-0.15, -0.1) is 0 Å². The van der Waals surface area contributed by atoms with E-state index >= 15 is 0 Å². The van der Waals surface area contributed by atoms with Crippen LogP contribution in [0.2, 0.25) is 0 Å². The molecule has 0 saturated heterocycles. The second-order valence-corrected chi connectivity index (χ2v) is 5.17. The molecular weight excluding hydrogens is 256 g/mol. The lowest BCUT2D eigenvalue weighted by molar-refractivity contribution is 0.116. The Hall–Kier alpha value is -1.00. The van der Waals surface area contributed by atoms with Crippen molar-refractivity contribution < 1.29 is 4.74 Å². The maximum absolute atomic E-state index is 5.65. The Morgan fingerprint density at radius 1 is 1.26 bits per heavy atom. The molecule has 0 atom stereocenters. The number of ether oxygens (including phenoxy) is 1. The zero-order valence-corrected chi connectivity index (χ0v) is 12.5. The van der Waals surface area contributed by atoms with Crippen molar-refractivity contribution >= 4 is 17.2 Å². The average molecular weight is 280 g/mol. The minimum Gasteiger partial charge on any atom is -0.388 e. The van der Waals surface area contributed by atoms with Gasteiger partial charge < -0.3 is 10.5 Å². The summed E-state index contributed by atoms with van der Waals surface area (Å²) in [7, 11) is 0. The van der Waals surface area contributed by atoms with E-state index in [4.69, 9.17) is 22.7 Å². The van der Waals surface area contributed by atoms with Crippen LogP contribution >= 0.6 is 12.2 Å². The molecule has 0 unspecified atom stereocenters. The standard InChI is InChI=1S/C15H24N2OS/c1-2-3-4-5-6-7-10-18-12-13-8-9-17-14(11-13)15(16)19/h8-9,11H,2-7,10,12H2,1H3,(H2,16,19). The number of hydrogen-bond donors (Lipinski definition) is 1. The number of rotatable bonds is 10. The number of aromatic nitrogens is 1. The highest BCUT2D eigenvalue weighted by Crippen LogP contribution is 2.07. The lowest BCUT2D eigenvalue weighted by Crippen LogP contribution is -2.11. The van der Waals surface area contributed by atoms with Crippen molar-refractivity contribution in [2.45, 2.75) is 52.1 Å². The molecule has 0 aliphatic rings. The first kappa shape index (κ1) is 16.1. The third kappa shape index (κ3) is 7.23. The van der Waals surface area contributed by atoms with E-state index in [1.807, 2.05) is 12.1 Å². The molecule has 3 nitrogen and oxygen atoms in total. The first-order valence-corrected chi connectivity index (χ1v) is 7.47. The summed E-state index contributed by atoms with van der Waals surface area (Å²) in [5, 5.41) is 0. The largest absolute Gasteiger partial charge is 0.388 e. The molecule has 0 saturated carbocycles. The summed E-state index contributed by atoms with van der Waals surface area (Å²) in [6.07, 6.45) is 9.42. The molecule has 1 aromatic heterocycles. The fraction of sp³-hybridized carbons (Fsp3) is 0.600. The maximum Gasteiger partial charge on any atom is 0.122 e. The van der Waals surface area contributed by atoms with E-state index in [0.717, 1.165) is 18.6 Å². The van der Waals surface area contributed by atoms with Crippen LogP contribution in [-0.4, -0.2) is 16.6 Å². The van der Waals surface area contributed by atoms with E-state index in [1.54, 1.807) is 6.20 Å². The summed E-state index contributed by atoms with van der Waals surface area (Å²) in [4.78, 5) is 4.43. The molecule has 1 aromatic rings. The van der Waals surface area contributed by atoms with Crippen LogP contribution in [0.5, 0.6) is 0 Å². The molecule has 0 bridgehead atoms. The van der Waals surface area contributed by atoms with Gasteiger partial charge in [-0.1, -0.05) is 51.2 Å². The zero-order valence-electron chi connectivity index (χ0n) is 11.7. The first-order valence-electron chi connectivity index (χ1n) is 7.06.